The summed E-state index contributed by atoms with van der Waals surface area (Å²) in [5.41, 5.74) is 11.9. The number of nitrogens with one attached hydrogen (secondary N) is 1. The summed E-state index contributed by atoms with van der Waals surface area (Å²) in [5.74, 6) is -0.435. The van der Waals surface area contributed by atoms with E-state index in [-0.39, 0.29) is 28.5 Å². The van der Waals surface area contributed by atoms with Gasteiger partial charge in [0.1, 0.15) is 0 Å². The van der Waals surface area contributed by atoms with Gasteiger partial charge in [-0.05, 0) is 37.0 Å². The van der Waals surface area contributed by atoms with Gasteiger partial charge in [-0.1, -0.05) is 18.0 Å². The molecule has 1 aromatic rings. The number of rotatable bonds is 4. The van der Waals surface area contributed by atoms with Crippen molar-refractivity contribution in [2.24, 2.45) is 17.4 Å². The molecule has 0 aromatic heterocycles. The fourth-order valence-corrected chi connectivity index (χ4v) is 2.84. The molecule has 2 amide bonds. The van der Waals surface area contributed by atoms with Crippen LogP contribution in [0.2, 0.25) is 5.02 Å². The first-order chi connectivity index (χ1) is 9.47. The van der Waals surface area contributed by atoms with Crippen LogP contribution in [0.1, 0.15) is 36.0 Å². The highest BCUT2D eigenvalue weighted by Crippen LogP contribution is 2.27. The topological polar surface area (TPSA) is 98.2 Å². The second kappa shape index (κ2) is 6.24. The summed E-state index contributed by atoms with van der Waals surface area (Å²) in [4.78, 5) is 23.0. The zero-order chi connectivity index (χ0) is 14.7. The lowest BCUT2D eigenvalue weighted by Gasteiger charge is -2.15. The van der Waals surface area contributed by atoms with E-state index < -0.39 is 5.91 Å². The van der Waals surface area contributed by atoms with Crippen LogP contribution in [-0.2, 0) is 4.79 Å². The number of carbonyl (C=O) groups excluding carboxylic acids is 2. The Morgan fingerprint density at radius 2 is 2.10 bits per heavy atom. The first-order valence-electron chi connectivity index (χ1n) is 6.62. The van der Waals surface area contributed by atoms with E-state index >= 15 is 0 Å². The van der Waals surface area contributed by atoms with Gasteiger partial charge in [-0.15, -0.1) is 0 Å². The molecule has 20 heavy (non-hydrogen) atoms. The third-order valence-corrected chi connectivity index (χ3v) is 4.00. The van der Waals surface area contributed by atoms with Gasteiger partial charge >= 0.3 is 0 Å². The highest BCUT2D eigenvalue weighted by Gasteiger charge is 2.26. The zero-order valence-corrected chi connectivity index (χ0v) is 11.8. The minimum Gasteiger partial charge on any atom is -0.366 e. The molecule has 0 radical (unpaired) electrons. The van der Waals surface area contributed by atoms with Gasteiger partial charge in [0.2, 0.25) is 11.8 Å². The fraction of sp³-hybridized carbons (Fsp3) is 0.429. The maximum Gasteiger partial charge on any atom is 0.250 e. The Bertz CT molecular complexity index is 533. The van der Waals surface area contributed by atoms with Crippen molar-refractivity contribution in [3.63, 3.8) is 0 Å². The summed E-state index contributed by atoms with van der Waals surface area (Å²) >= 11 is 5.93. The lowest BCUT2D eigenvalue weighted by atomic mass is 10.00. The average Bonchev–Trinajstić information content (AvgIpc) is 2.74. The van der Waals surface area contributed by atoms with Crippen molar-refractivity contribution >= 4 is 29.1 Å². The average molecular weight is 296 g/mol. The SMILES string of the molecule is NC(=O)c1ccc(NC(=O)C[C@@H]2CCC[C@H]2N)cc1Cl. The normalized spacial score (nSPS) is 21.7. The molecular weight excluding hydrogens is 278 g/mol. The van der Waals surface area contributed by atoms with Gasteiger partial charge in [0.05, 0.1) is 10.6 Å². The number of nitrogens with two attached hydrogens (primary N) is 2. The largest absolute Gasteiger partial charge is 0.366 e. The minimum absolute atomic E-state index is 0.0877. The molecule has 1 aliphatic carbocycles. The molecule has 5 nitrogen and oxygen atoms in total. The Morgan fingerprint density at radius 1 is 1.35 bits per heavy atom. The maximum atomic E-state index is 11.9. The second-order valence-electron chi connectivity index (χ2n) is 5.17. The Morgan fingerprint density at radius 3 is 2.65 bits per heavy atom. The van der Waals surface area contributed by atoms with Crippen molar-refractivity contribution in [1.29, 1.82) is 0 Å². The van der Waals surface area contributed by atoms with Gasteiger partial charge in [-0.25, -0.2) is 0 Å². The van der Waals surface area contributed by atoms with Gasteiger partial charge in [0.25, 0.3) is 0 Å². The number of amides is 2. The summed E-state index contributed by atoms with van der Waals surface area (Å²) in [5, 5.41) is 2.99. The van der Waals surface area contributed by atoms with Crippen molar-refractivity contribution in [3.8, 4) is 0 Å². The van der Waals surface area contributed by atoms with Gasteiger partial charge < -0.3 is 16.8 Å². The van der Waals surface area contributed by atoms with Crippen molar-refractivity contribution < 1.29 is 9.59 Å². The molecule has 0 unspecified atom stereocenters. The van der Waals surface area contributed by atoms with Gasteiger partial charge in [-0.2, -0.15) is 0 Å². The van der Waals surface area contributed by atoms with E-state index in [1.165, 1.54) is 12.1 Å². The first-order valence-corrected chi connectivity index (χ1v) is 7.00. The Labute approximate surface area is 122 Å². The van der Waals surface area contributed by atoms with Crippen LogP contribution in [0.15, 0.2) is 18.2 Å². The highest BCUT2D eigenvalue weighted by atomic mass is 35.5. The van der Waals surface area contributed by atoms with E-state index in [1.807, 2.05) is 0 Å². The Kier molecular flexibility index (Phi) is 4.62. The summed E-state index contributed by atoms with van der Waals surface area (Å²) in [7, 11) is 0. The molecule has 0 aliphatic heterocycles. The van der Waals surface area contributed by atoms with Crippen LogP contribution in [-0.4, -0.2) is 17.9 Å². The number of anilines is 1. The van der Waals surface area contributed by atoms with E-state index in [0.717, 1.165) is 19.3 Å². The van der Waals surface area contributed by atoms with E-state index in [4.69, 9.17) is 23.1 Å². The summed E-state index contributed by atoms with van der Waals surface area (Å²) in [6, 6.07) is 4.75. The molecule has 1 saturated carbocycles. The molecule has 1 fully saturated rings. The number of carbonyl (C=O) groups is 2. The lowest BCUT2D eigenvalue weighted by Crippen LogP contribution is -2.28. The molecule has 0 bridgehead atoms. The summed E-state index contributed by atoms with van der Waals surface area (Å²) in [6.45, 7) is 0. The third-order valence-electron chi connectivity index (χ3n) is 3.68. The minimum atomic E-state index is -0.593. The van der Waals surface area contributed by atoms with Crippen LogP contribution in [0.3, 0.4) is 0 Å². The zero-order valence-electron chi connectivity index (χ0n) is 11.1. The van der Waals surface area contributed by atoms with E-state index in [1.54, 1.807) is 6.07 Å². The van der Waals surface area contributed by atoms with Crippen molar-refractivity contribution in [2.75, 3.05) is 5.32 Å². The van der Waals surface area contributed by atoms with Gasteiger partial charge in [0, 0.05) is 18.2 Å². The van der Waals surface area contributed by atoms with Crippen LogP contribution in [0.25, 0.3) is 0 Å². The Balaban J connectivity index is 1.97. The summed E-state index contributed by atoms with van der Waals surface area (Å²) < 4.78 is 0. The summed E-state index contributed by atoms with van der Waals surface area (Å²) in [6.07, 6.45) is 3.47. The fourth-order valence-electron chi connectivity index (χ4n) is 2.56. The smallest absolute Gasteiger partial charge is 0.250 e. The van der Waals surface area contributed by atoms with Crippen molar-refractivity contribution in [2.45, 2.75) is 31.7 Å². The molecule has 108 valence electrons. The number of benzene rings is 1. The number of halogens is 1. The third kappa shape index (κ3) is 3.49. The van der Waals surface area contributed by atoms with Crippen LogP contribution in [0.4, 0.5) is 5.69 Å². The number of hydrogen-bond acceptors (Lipinski definition) is 3. The van der Waals surface area contributed by atoms with E-state index in [9.17, 15) is 9.59 Å². The number of hydrogen-bond donors (Lipinski definition) is 3. The van der Waals surface area contributed by atoms with Crippen molar-refractivity contribution in [1.82, 2.24) is 0 Å². The molecule has 5 N–H and O–H groups in total. The monoisotopic (exact) mass is 295 g/mol. The van der Waals surface area contributed by atoms with Crippen LogP contribution >= 0.6 is 11.6 Å². The molecule has 1 aliphatic rings. The quantitative estimate of drug-likeness (QED) is 0.791. The van der Waals surface area contributed by atoms with Crippen LogP contribution in [0, 0.1) is 5.92 Å². The van der Waals surface area contributed by atoms with Crippen LogP contribution in [0.5, 0.6) is 0 Å². The van der Waals surface area contributed by atoms with Gasteiger partial charge in [0.15, 0.2) is 0 Å². The molecule has 1 aromatic carbocycles. The lowest BCUT2D eigenvalue weighted by molar-refractivity contribution is -0.117. The molecule has 6 heteroatoms. The molecule has 0 saturated heterocycles. The second-order valence-corrected chi connectivity index (χ2v) is 5.57. The standard InChI is InChI=1S/C14H18ClN3O2/c15-11-7-9(4-5-10(11)14(17)20)18-13(19)6-8-2-1-3-12(8)16/h4-5,7-8,12H,1-3,6,16H2,(H2,17,20)(H,18,19)/t8-,12+/m0/s1. The predicted molar refractivity (Wildman–Crippen MR) is 78.5 cm³/mol. The molecular formula is C14H18ClN3O2. The predicted octanol–water partition coefficient (Wildman–Crippen LogP) is 1.89. The maximum absolute atomic E-state index is 11.9. The first kappa shape index (κ1) is 14.8. The highest BCUT2D eigenvalue weighted by molar-refractivity contribution is 6.34. The molecule has 2 atom stereocenters. The van der Waals surface area contributed by atoms with Gasteiger partial charge in [-0.3, -0.25) is 9.59 Å². The Hall–Kier alpha value is -1.59. The van der Waals surface area contributed by atoms with Crippen molar-refractivity contribution in [3.05, 3.63) is 28.8 Å². The number of primary amides is 1. The molecule has 0 spiro atoms. The molecule has 2 rings (SSSR count). The van der Waals surface area contributed by atoms with E-state index in [2.05, 4.69) is 5.32 Å². The molecule has 0 heterocycles. The van der Waals surface area contributed by atoms with Crippen LogP contribution < -0.4 is 16.8 Å². The van der Waals surface area contributed by atoms with E-state index in [0.29, 0.717) is 12.1 Å².